The Bertz CT molecular complexity index is 724. The summed E-state index contributed by atoms with van der Waals surface area (Å²) in [4.78, 5) is 13.5. The SMILES string of the molecule is N#C/C(C=N)=C(/c1ccc[nH]1)c1ccccc1[N+](=O)[O-]. The highest BCUT2D eigenvalue weighted by atomic mass is 16.6. The highest BCUT2D eigenvalue weighted by Gasteiger charge is 2.20. The van der Waals surface area contributed by atoms with Crippen LogP contribution in [0.3, 0.4) is 0 Å². The van der Waals surface area contributed by atoms with Gasteiger partial charge in [-0.1, -0.05) is 12.1 Å². The fourth-order valence-corrected chi connectivity index (χ4v) is 1.93. The molecule has 0 saturated heterocycles. The van der Waals surface area contributed by atoms with Crippen molar-refractivity contribution in [3.63, 3.8) is 0 Å². The molecule has 1 heterocycles. The van der Waals surface area contributed by atoms with Gasteiger partial charge >= 0.3 is 0 Å². The normalized spacial score (nSPS) is 11.3. The molecule has 2 N–H and O–H groups in total. The largest absolute Gasteiger partial charge is 0.361 e. The first-order valence-electron chi connectivity index (χ1n) is 5.71. The molecule has 0 amide bonds. The number of benzene rings is 1. The highest BCUT2D eigenvalue weighted by molar-refractivity contribution is 6.00. The Morgan fingerprint density at radius 2 is 2.10 bits per heavy atom. The van der Waals surface area contributed by atoms with Crippen molar-refractivity contribution >= 4 is 17.5 Å². The van der Waals surface area contributed by atoms with Crippen molar-refractivity contribution in [1.82, 2.24) is 4.98 Å². The van der Waals surface area contributed by atoms with Crippen LogP contribution in [0.5, 0.6) is 0 Å². The number of nitro benzene ring substituents is 1. The Morgan fingerprint density at radius 1 is 1.35 bits per heavy atom. The first-order valence-corrected chi connectivity index (χ1v) is 5.71. The molecule has 0 spiro atoms. The maximum absolute atomic E-state index is 11.1. The average Bonchev–Trinajstić information content (AvgIpc) is 2.98. The number of rotatable bonds is 4. The lowest BCUT2D eigenvalue weighted by molar-refractivity contribution is -0.385. The summed E-state index contributed by atoms with van der Waals surface area (Å²) in [5, 5.41) is 27.6. The van der Waals surface area contributed by atoms with Gasteiger partial charge in [-0.25, -0.2) is 0 Å². The first kappa shape index (κ1) is 13.2. The van der Waals surface area contributed by atoms with Gasteiger partial charge in [0.25, 0.3) is 5.69 Å². The van der Waals surface area contributed by atoms with E-state index in [0.29, 0.717) is 16.8 Å². The third kappa shape index (κ3) is 2.33. The summed E-state index contributed by atoms with van der Waals surface area (Å²) in [6, 6.07) is 11.5. The molecule has 0 unspecified atom stereocenters. The second kappa shape index (κ2) is 5.63. The molecule has 0 radical (unpaired) electrons. The third-order valence-electron chi connectivity index (χ3n) is 2.77. The number of allylic oxidation sites excluding steroid dienone is 1. The van der Waals surface area contributed by atoms with Crippen molar-refractivity contribution in [2.45, 2.75) is 0 Å². The number of para-hydroxylation sites is 1. The van der Waals surface area contributed by atoms with Gasteiger partial charge in [-0.05, 0) is 18.2 Å². The quantitative estimate of drug-likeness (QED) is 0.384. The lowest BCUT2D eigenvalue weighted by Crippen LogP contribution is -1.99. The molecular weight excluding hydrogens is 256 g/mol. The van der Waals surface area contributed by atoms with E-state index in [0.717, 1.165) is 6.21 Å². The number of nitriles is 1. The molecular formula is C14H10N4O2. The lowest BCUT2D eigenvalue weighted by Gasteiger charge is -2.08. The summed E-state index contributed by atoms with van der Waals surface area (Å²) < 4.78 is 0. The fourth-order valence-electron chi connectivity index (χ4n) is 1.93. The number of nitrogens with zero attached hydrogens (tertiary/aromatic N) is 2. The van der Waals surface area contributed by atoms with Crippen LogP contribution in [0, 0.1) is 26.9 Å². The number of hydrogen-bond acceptors (Lipinski definition) is 4. The zero-order chi connectivity index (χ0) is 14.5. The minimum Gasteiger partial charge on any atom is -0.361 e. The monoisotopic (exact) mass is 266 g/mol. The summed E-state index contributed by atoms with van der Waals surface area (Å²) in [5.41, 5.74) is 1.16. The highest BCUT2D eigenvalue weighted by Crippen LogP contribution is 2.31. The summed E-state index contributed by atoms with van der Waals surface area (Å²) in [5.74, 6) is 0. The predicted molar refractivity (Wildman–Crippen MR) is 74.3 cm³/mol. The van der Waals surface area contributed by atoms with E-state index >= 15 is 0 Å². The molecule has 0 saturated carbocycles. The Hall–Kier alpha value is -3.20. The molecule has 0 aliphatic carbocycles. The number of H-pyrrole nitrogens is 1. The number of nitro groups is 1. The zero-order valence-electron chi connectivity index (χ0n) is 10.3. The summed E-state index contributed by atoms with van der Waals surface area (Å²) in [6.07, 6.45) is 2.55. The molecule has 0 fully saturated rings. The average molecular weight is 266 g/mol. The van der Waals surface area contributed by atoms with Crippen molar-refractivity contribution in [3.05, 3.63) is 69.5 Å². The van der Waals surface area contributed by atoms with Gasteiger partial charge in [-0.2, -0.15) is 5.26 Å². The van der Waals surface area contributed by atoms with E-state index in [9.17, 15) is 10.1 Å². The van der Waals surface area contributed by atoms with Crippen molar-refractivity contribution < 1.29 is 4.92 Å². The molecule has 0 aliphatic rings. The van der Waals surface area contributed by atoms with Crippen molar-refractivity contribution in [2.75, 3.05) is 0 Å². The molecule has 98 valence electrons. The van der Waals surface area contributed by atoms with Crippen molar-refractivity contribution in [1.29, 1.82) is 10.7 Å². The van der Waals surface area contributed by atoms with E-state index in [1.165, 1.54) is 6.07 Å². The predicted octanol–water partition coefficient (Wildman–Crippen LogP) is 2.90. The van der Waals surface area contributed by atoms with E-state index < -0.39 is 4.92 Å². The van der Waals surface area contributed by atoms with Gasteiger partial charge in [0.1, 0.15) is 6.07 Å². The smallest absolute Gasteiger partial charge is 0.277 e. The lowest BCUT2D eigenvalue weighted by atomic mass is 9.96. The minimum absolute atomic E-state index is 0.0572. The molecule has 1 aromatic heterocycles. The zero-order valence-corrected chi connectivity index (χ0v) is 10.3. The molecule has 0 atom stereocenters. The Morgan fingerprint density at radius 3 is 2.65 bits per heavy atom. The minimum atomic E-state index is -0.503. The van der Waals surface area contributed by atoms with Gasteiger partial charge < -0.3 is 10.4 Å². The summed E-state index contributed by atoms with van der Waals surface area (Å²) in [7, 11) is 0. The van der Waals surface area contributed by atoms with E-state index in [2.05, 4.69) is 4.98 Å². The Labute approximate surface area is 114 Å². The van der Waals surface area contributed by atoms with Gasteiger partial charge in [0.05, 0.1) is 16.1 Å². The van der Waals surface area contributed by atoms with Crippen LogP contribution in [-0.4, -0.2) is 16.1 Å². The van der Waals surface area contributed by atoms with Gasteiger partial charge in [0.2, 0.25) is 0 Å². The maximum Gasteiger partial charge on any atom is 0.277 e. The number of nitrogens with one attached hydrogen (secondary N) is 2. The van der Waals surface area contributed by atoms with E-state index in [-0.39, 0.29) is 11.3 Å². The third-order valence-corrected chi connectivity index (χ3v) is 2.77. The van der Waals surface area contributed by atoms with Crippen molar-refractivity contribution in [3.8, 4) is 6.07 Å². The van der Waals surface area contributed by atoms with Gasteiger partial charge in [0, 0.05) is 29.7 Å². The van der Waals surface area contributed by atoms with Crippen LogP contribution < -0.4 is 0 Å². The molecule has 6 nitrogen and oxygen atoms in total. The van der Waals surface area contributed by atoms with Crippen LogP contribution in [-0.2, 0) is 0 Å². The maximum atomic E-state index is 11.1. The van der Waals surface area contributed by atoms with Crippen LogP contribution in [0.15, 0.2) is 48.2 Å². The molecule has 2 rings (SSSR count). The second-order valence-electron chi connectivity index (χ2n) is 3.90. The Kier molecular flexibility index (Phi) is 3.72. The topological polar surface area (TPSA) is 107 Å². The van der Waals surface area contributed by atoms with Gasteiger partial charge in [-0.3, -0.25) is 10.1 Å². The van der Waals surface area contributed by atoms with Crippen LogP contribution >= 0.6 is 0 Å². The van der Waals surface area contributed by atoms with E-state index in [1.807, 2.05) is 6.07 Å². The number of aromatic amines is 1. The first-order chi connectivity index (χ1) is 9.69. The van der Waals surface area contributed by atoms with E-state index in [4.69, 9.17) is 10.7 Å². The summed E-state index contributed by atoms with van der Waals surface area (Å²) >= 11 is 0. The number of aromatic nitrogens is 1. The van der Waals surface area contributed by atoms with Gasteiger partial charge in [-0.15, -0.1) is 0 Å². The summed E-state index contributed by atoms with van der Waals surface area (Å²) in [6.45, 7) is 0. The van der Waals surface area contributed by atoms with E-state index in [1.54, 1.807) is 36.5 Å². The van der Waals surface area contributed by atoms with Gasteiger partial charge in [0.15, 0.2) is 0 Å². The van der Waals surface area contributed by atoms with Crippen LogP contribution in [0.25, 0.3) is 5.57 Å². The second-order valence-corrected chi connectivity index (χ2v) is 3.90. The van der Waals surface area contributed by atoms with Crippen molar-refractivity contribution in [2.24, 2.45) is 0 Å². The van der Waals surface area contributed by atoms with Crippen LogP contribution in [0.4, 0.5) is 5.69 Å². The fraction of sp³-hybridized carbons (Fsp3) is 0. The van der Waals surface area contributed by atoms with Crippen LogP contribution in [0.2, 0.25) is 0 Å². The molecule has 20 heavy (non-hydrogen) atoms. The molecule has 0 aliphatic heterocycles. The molecule has 2 aromatic rings. The van der Waals surface area contributed by atoms with Crippen LogP contribution in [0.1, 0.15) is 11.3 Å². The number of hydrogen-bond donors (Lipinski definition) is 2. The molecule has 1 aromatic carbocycles. The Balaban J connectivity index is 2.79. The molecule has 0 bridgehead atoms. The standard InChI is InChI=1S/C14H10N4O2/c15-8-10(9-16)14(12-5-3-7-17-12)11-4-1-2-6-13(11)18(19)20/h1-8,15,17H/b14-10+,15-8?. The molecule has 6 heteroatoms.